The van der Waals surface area contributed by atoms with E-state index in [1.165, 1.54) is 6.07 Å². The number of fused-ring (bicyclic) bond motifs is 1. The van der Waals surface area contributed by atoms with Crippen LogP contribution in [0.1, 0.15) is 23.1 Å². The van der Waals surface area contributed by atoms with E-state index in [-0.39, 0.29) is 23.5 Å². The van der Waals surface area contributed by atoms with Crippen LogP contribution in [0.2, 0.25) is 5.02 Å². The van der Waals surface area contributed by atoms with Crippen LogP contribution in [0.3, 0.4) is 0 Å². The number of halogens is 1. The molecule has 3 aromatic carbocycles. The number of amides is 2. The molecule has 3 aromatic rings. The van der Waals surface area contributed by atoms with Crippen molar-refractivity contribution in [2.24, 2.45) is 0 Å². The Kier molecular flexibility index (Phi) is 6.73. The number of sulfonamides is 1. The highest BCUT2D eigenvalue weighted by atomic mass is 35.5. The van der Waals surface area contributed by atoms with Gasteiger partial charge < -0.3 is 16.4 Å². The lowest BCUT2D eigenvalue weighted by atomic mass is 10.1. The molecule has 1 aliphatic heterocycles. The number of nitrogen functional groups attached to an aromatic ring is 1. The molecule has 2 amide bonds. The van der Waals surface area contributed by atoms with Gasteiger partial charge in [-0.15, -0.1) is 0 Å². The summed E-state index contributed by atoms with van der Waals surface area (Å²) in [4.78, 5) is 25.9. The third kappa shape index (κ3) is 4.96. The molecule has 0 radical (unpaired) electrons. The lowest BCUT2D eigenvalue weighted by molar-refractivity contribution is -0.125. The van der Waals surface area contributed by atoms with Gasteiger partial charge in [0.15, 0.2) is 0 Å². The van der Waals surface area contributed by atoms with E-state index in [9.17, 15) is 18.0 Å². The van der Waals surface area contributed by atoms with Crippen LogP contribution in [-0.2, 0) is 26.2 Å². The van der Waals surface area contributed by atoms with Crippen LogP contribution in [0.5, 0.6) is 0 Å². The van der Waals surface area contributed by atoms with E-state index in [4.69, 9.17) is 17.3 Å². The highest BCUT2D eigenvalue weighted by molar-refractivity contribution is 7.93. The first-order chi connectivity index (χ1) is 16.6. The molecule has 0 saturated carbocycles. The number of nitrogens with one attached hydrogen (secondary N) is 2. The molecule has 10 heteroatoms. The normalized spacial score (nSPS) is 15.3. The molecule has 182 valence electrons. The van der Waals surface area contributed by atoms with E-state index in [0.29, 0.717) is 27.5 Å². The first-order valence-corrected chi connectivity index (χ1v) is 12.7. The molecule has 0 aromatic heterocycles. The summed E-state index contributed by atoms with van der Waals surface area (Å²) < 4.78 is 28.9. The Labute approximate surface area is 209 Å². The van der Waals surface area contributed by atoms with Gasteiger partial charge in [-0.25, -0.2) is 8.42 Å². The van der Waals surface area contributed by atoms with Gasteiger partial charge in [-0.3, -0.25) is 13.9 Å². The summed E-state index contributed by atoms with van der Waals surface area (Å²) in [6, 6.07) is 15.4. The van der Waals surface area contributed by atoms with Gasteiger partial charge in [-0.1, -0.05) is 35.9 Å². The maximum absolute atomic E-state index is 13.9. The van der Waals surface area contributed by atoms with Crippen LogP contribution < -0.4 is 20.7 Å². The van der Waals surface area contributed by atoms with Crippen molar-refractivity contribution in [3.05, 3.63) is 82.4 Å². The summed E-state index contributed by atoms with van der Waals surface area (Å²) in [6.45, 7) is 3.56. The van der Waals surface area contributed by atoms with Crippen molar-refractivity contribution in [3.63, 3.8) is 0 Å². The molecule has 0 aliphatic carbocycles. The number of carbonyl (C=O) groups is 2. The highest BCUT2D eigenvalue weighted by Crippen LogP contribution is 2.38. The first-order valence-electron chi connectivity index (χ1n) is 10.9. The van der Waals surface area contributed by atoms with E-state index in [0.717, 1.165) is 9.87 Å². The van der Waals surface area contributed by atoms with Gasteiger partial charge in [0.1, 0.15) is 6.04 Å². The number of para-hydroxylation sites is 2. The molecule has 1 atom stereocenters. The third-order valence-corrected chi connectivity index (χ3v) is 8.20. The Morgan fingerprint density at radius 1 is 1.09 bits per heavy atom. The second-order valence-electron chi connectivity index (χ2n) is 8.41. The summed E-state index contributed by atoms with van der Waals surface area (Å²) in [5.41, 5.74) is 8.78. The minimum Gasteiger partial charge on any atom is -0.399 e. The molecule has 0 saturated heterocycles. The zero-order chi connectivity index (χ0) is 25.3. The average molecular weight is 513 g/mol. The number of nitrogens with zero attached hydrogens (tertiary/aromatic N) is 1. The van der Waals surface area contributed by atoms with E-state index in [2.05, 4.69) is 10.6 Å². The number of carbonyl (C=O) groups excluding carboxylic acids is 2. The Morgan fingerprint density at radius 2 is 1.77 bits per heavy atom. The van der Waals surface area contributed by atoms with Gasteiger partial charge in [0, 0.05) is 17.3 Å². The van der Waals surface area contributed by atoms with Gasteiger partial charge in [0.2, 0.25) is 11.8 Å². The Hall–Kier alpha value is -3.56. The first kappa shape index (κ1) is 24.6. The Bertz CT molecular complexity index is 1410. The molecule has 1 aliphatic rings. The molecule has 0 bridgehead atoms. The average Bonchev–Trinajstić information content (AvgIpc) is 2.81. The zero-order valence-electron chi connectivity index (χ0n) is 19.2. The quantitative estimate of drug-likeness (QED) is 0.434. The van der Waals surface area contributed by atoms with Crippen LogP contribution in [0.15, 0.2) is 65.6 Å². The van der Waals surface area contributed by atoms with E-state index in [1.54, 1.807) is 68.4 Å². The number of hydrogen-bond donors (Lipinski definition) is 3. The molecule has 4 rings (SSSR count). The van der Waals surface area contributed by atoms with E-state index < -0.39 is 27.9 Å². The van der Waals surface area contributed by atoms with Gasteiger partial charge in [0.25, 0.3) is 10.0 Å². The number of rotatable bonds is 6. The van der Waals surface area contributed by atoms with Crippen LogP contribution >= 0.6 is 11.6 Å². The van der Waals surface area contributed by atoms with E-state index >= 15 is 0 Å². The van der Waals surface area contributed by atoms with Crippen molar-refractivity contribution in [1.82, 2.24) is 5.32 Å². The topological polar surface area (TPSA) is 122 Å². The molecule has 4 N–H and O–H groups in total. The monoisotopic (exact) mass is 512 g/mol. The molecular weight excluding hydrogens is 488 g/mol. The lowest BCUT2D eigenvalue weighted by Gasteiger charge is -2.37. The van der Waals surface area contributed by atoms with Crippen molar-refractivity contribution < 1.29 is 18.0 Å². The second kappa shape index (κ2) is 9.59. The van der Waals surface area contributed by atoms with Gasteiger partial charge in [0.05, 0.1) is 22.7 Å². The smallest absolute Gasteiger partial charge is 0.265 e. The van der Waals surface area contributed by atoms with Crippen LogP contribution in [0.25, 0.3) is 0 Å². The molecule has 1 heterocycles. The van der Waals surface area contributed by atoms with Gasteiger partial charge in [-0.2, -0.15) is 0 Å². The maximum Gasteiger partial charge on any atom is 0.265 e. The summed E-state index contributed by atoms with van der Waals surface area (Å²) in [6.07, 6.45) is -0.361. The molecule has 35 heavy (non-hydrogen) atoms. The van der Waals surface area contributed by atoms with Crippen LogP contribution in [0.4, 0.5) is 17.1 Å². The zero-order valence-corrected chi connectivity index (χ0v) is 20.8. The van der Waals surface area contributed by atoms with Gasteiger partial charge in [-0.05, 0) is 66.9 Å². The summed E-state index contributed by atoms with van der Waals surface area (Å²) in [5.74, 6) is -1.05. The standard InChI is InChI=1S/C25H25ClN4O4S/c1-15-12-23(16(2)11-19(15)26)35(33,34)30-21-6-4-3-5-20(21)29-25(32)22(30)13-24(31)28-14-17-7-9-18(27)10-8-17/h3-12,22H,13-14,27H2,1-2H3,(H,28,31)(H,29,32)/t22-/m1/s1. The fourth-order valence-corrected chi connectivity index (χ4v) is 6.10. The predicted molar refractivity (Wildman–Crippen MR) is 137 cm³/mol. The largest absolute Gasteiger partial charge is 0.399 e. The van der Waals surface area contributed by atoms with Crippen molar-refractivity contribution in [2.75, 3.05) is 15.4 Å². The Morgan fingerprint density at radius 3 is 2.49 bits per heavy atom. The lowest BCUT2D eigenvalue weighted by Crippen LogP contribution is -2.52. The minimum atomic E-state index is -4.22. The Balaban J connectivity index is 1.69. The number of benzene rings is 3. The SMILES string of the molecule is Cc1cc(S(=O)(=O)N2c3ccccc3NC(=O)[C@H]2CC(=O)NCc2ccc(N)cc2)c(C)cc1Cl. The van der Waals surface area contributed by atoms with Gasteiger partial charge >= 0.3 is 0 Å². The second-order valence-corrected chi connectivity index (χ2v) is 10.6. The molecule has 8 nitrogen and oxygen atoms in total. The minimum absolute atomic E-state index is 0.0242. The third-order valence-electron chi connectivity index (χ3n) is 5.83. The molecule has 0 fully saturated rings. The summed E-state index contributed by atoms with van der Waals surface area (Å²) in [7, 11) is -4.22. The van der Waals surface area contributed by atoms with Crippen molar-refractivity contribution in [1.29, 1.82) is 0 Å². The molecule has 0 unspecified atom stereocenters. The number of aryl methyl sites for hydroxylation is 2. The summed E-state index contributed by atoms with van der Waals surface area (Å²) >= 11 is 6.19. The number of nitrogens with two attached hydrogens (primary N) is 1. The fraction of sp³-hybridized carbons (Fsp3) is 0.200. The molecular formula is C25H25ClN4O4S. The maximum atomic E-state index is 13.9. The van der Waals surface area contributed by atoms with Crippen LogP contribution in [0, 0.1) is 13.8 Å². The van der Waals surface area contributed by atoms with Crippen molar-refractivity contribution >= 4 is 50.5 Å². The van der Waals surface area contributed by atoms with Crippen molar-refractivity contribution in [3.8, 4) is 0 Å². The number of hydrogen-bond acceptors (Lipinski definition) is 5. The fourth-order valence-electron chi connectivity index (χ4n) is 3.96. The highest BCUT2D eigenvalue weighted by Gasteiger charge is 2.42. The summed E-state index contributed by atoms with van der Waals surface area (Å²) in [5, 5.41) is 5.92. The van der Waals surface area contributed by atoms with E-state index in [1.807, 2.05) is 0 Å². The molecule has 0 spiro atoms. The number of anilines is 3. The van der Waals surface area contributed by atoms with Crippen molar-refractivity contribution in [2.45, 2.75) is 37.8 Å². The predicted octanol–water partition coefficient (Wildman–Crippen LogP) is 3.76. The van der Waals surface area contributed by atoms with Crippen LogP contribution in [-0.4, -0.2) is 26.3 Å².